The molecule has 0 atom stereocenters. The first-order valence-electron chi connectivity index (χ1n) is 6.81. The molecule has 0 spiro atoms. The highest BCUT2D eigenvalue weighted by Crippen LogP contribution is 2.16. The quantitative estimate of drug-likeness (QED) is 0.625. The van der Waals surface area contributed by atoms with Crippen LogP contribution in [0.15, 0.2) is 30.9 Å². The van der Waals surface area contributed by atoms with Crippen molar-refractivity contribution in [3.63, 3.8) is 0 Å². The first-order valence-corrected chi connectivity index (χ1v) is 6.81. The third-order valence-corrected chi connectivity index (χ3v) is 3.31. The summed E-state index contributed by atoms with van der Waals surface area (Å²) in [6, 6.07) is 4.19. The molecule has 0 aliphatic rings. The number of benzene rings is 1. The Hall–Kier alpha value is -2.43. The maximum atomic E-state index is 11.7. The van der Waals surface area contributed by atoms with Crippen LogP contribution in [0.25, 0.3) is 6.08 Å². The van der Waals surface area contributed by atoms with E-state index in [9.17, 15) is 4.79 Å². The molecule has 0 amide bonds. The number of hydrogen-bond acceptors (Lipinski definition) is 4. The fourth-order valence-electron chi connectivity index (χ4n) is 1.96. The summed E-state index contributed by atoms with van der Waals surface area (Å²) in [5.41, 5.74) is 4.64. The van der Waals surface area contributed by atoms with Gasteiger partial charge in [-0.1, -0.05) is 12.1 Å². The van der Waals surface area contributed by atoms with E-state index in [0.717, 1.165) is 11.1 Å². The Kier molecular flexibility index (Phi) is 4.87. The summed E-state index contributed by atoms with van der Waals surface area (Å²) >= 11 is 0. The summed E-state index contributed by atoms with van der Waals surface area (Å²) in [5.74, 6) is -0.354. The number of nitrogens with zero attached hydrogens (tertiary/aromatic N) is 3. The maximum absolute atomic E-state index is 11.7. The summed E-state index contributed by atoms with van der Waals surface area (Å²) in [4.78, 5) is 15.5. The minimum Gasteiger partial charge on any atom is -0.461 e. The van der Waals surface area contributed by atoms with E-state index < -0.39 is 0 Å². The monoisotopic (exact) mass is 285 g/mol. The van der Waals surface area contributed by atoms with Crippen molar-refractivity contribution in [3.8, 4) is 0 Å². The van der Waals surface area contributed by atoms with Gasteiger partial charge in [0.1, 0.15) is 19.3 Å². The van der Waals surface area contributed by atoms with Crippen molar-refractivity contribution in [2.45, 2.75) is 27.3 Å². The van der Waals surface area contributed by atoms with E-state index in [1.54, 1.807) is 17.1 Å². The summed E-state index contributed by atoms with van der Waals surface area (Å²) in [6.07, 6.45) is 6.28. The van der Waals surface area contributed by atoms with Gasteiger partial charge < -0.3 is 4.74 Å². The van der Waals surface area contributed by atoms with Gasteiger partial charge in [0.25, 0.3) is 0 Å². The number of aryl methyl sites for hydroxylation is 3. The van der Waals surface area contributed by atoms with E-state index in [4.69, 9.17) is 4.74 Å². The number of carbonyl (C=O) groups excluding carboxylic acids is 1. The second-order valence-corrected chi connectivity index (χ2v) is 4.95. The molecule has 0 fully saturated rings. The molecule has 0 bridgehead atoms. The SMILES string of the molecule is Cc1cc(C)c(/C=C/C(=O)OCCn2cncn2)cc1C. The molecule has 0 N–H and O–H groups in total. The number of aromatic nitrogens is 3. The van der Waals surface area contributed by atoms with Crippen molar-refractivity contribution in [1.29, 1.82) is 0 Å². The van der Waals surface area contributed by atoms with Gasteiger partial charge in [0.05, 0.1) is 6.54 Å². The molecule has 5 nitrogen and oxygen atoms in total. The Morgan fingerprint density at radius 2 is 2.00 bits per heavy atom. The summed E-state index contributed by atoms with van der Waals surface area (Å²) in [5, 5.41) is 3.93. The van der Waals surface area contributed by atoms with Crippen LogP contribution in [0.4, 0.5) is 0 Å². The number of rotatable bonds is 5. The van der Waals surface area contributed by atoms with Gasteiger partial charge in [-0.15, -0.1) is 0 Å². The Morgan fingerprint density at radius 1 is 1.24 bits per heavy atom. The standard InChI is InChI=1S/C16H19N3O2/c1-12-8-14(3)15(9-13(12)2)4-5-16(20)21-7-6-19-11-17-10-18-19/h4-5,8-11H,6-7H2,1-3H3/b5-4+. The number of esters is 1. The molecular formula is C16H19N3O2. The lowest BCUT2D eigenvalue weighted by atomic mass is 10.0. The van der Waals surface area contributed by atoms with Gasteiger partial charge in [-0.25, -0.2) is 14.5 Å². The van der Waals surface area contributed by atoms with Crippen LogP contribution in [0.3, 0.4) is 0 Å². The second-order valence-electron chi connectivity index (χ2n) is 4.95. The van der Waals surface area contributed by atoms with Crippen LogP contribution in [0.2, 0.25) is 0 Å². The lowest BCUT2D eigenvalue weighted by molar-refractivity contribution is -0.138. The first-order chi connectivity index (χ1) is 10.1. The molecule has 110 valence electrons. The van der Waals surface area contributed by atoms with Crippen LogP contribution in [-0.4, -0.2) is 27.3 Å². The molecule has 0 saturated heterocycles. The molecular weight excluding hydrogens is 266 g/mol. The van der Waals surface area contributed by atoms with Gasteiger partial charge in [0.2, 0.25) is 0 Å². The summed E-state index contributed by atoms with van der Waals surface area (Å²) < 4.78 is 6.73. The highest BCUT2D eigenvalue weighted by Gasteiger charge is 2.01. The molecule has 21 heavy (non-hydrogen) atoms. The predicted molar refractivity (Wildman–Crippen MR) is 80.7 cm³/mol. The number of carbonyl (C=O) groups is 1. The van der Waals surface area contributed by atoms with Gasteiger partial charge in [-0.2, -0.15) is 5.10 Å². The van der Waals surface area contributed by atoms with Crippen LogP contribution in [-0.2, 0) is 16.1 Å². The average molecular weight is 285 g/mol. The molecule has 0 saturated carbocycles. The van der Waals surface area contributed by atoms with E-state index in [2.05, 4.69) is 36.1 Å². The molecule has 0 radical (unpaired) electrons. The topological polar surface area (TPSA) is 57.0 Å². The molecule has 2 rings (SSSR count). The van der Waals surface area contributed by atoms with Gasteiger partial charge >= 0.3 is 5.97 Å². The fourth-order valence-corrected chi connectivity index (χ4v) is 1.96. The van der Waals surface area contributed by atoms with E-state index in [1.807, 2.05) is 6.92 Å². The maximum Gasteiger partial charge on any atom is 0.330 e. The average Bonchev–Trinajstić information content (AvgIpc) is 2.94. The van der Waals surface area contributed by atoms with Crippen molar-refractivity contribution in [1.82, 2.24) is 14.8 Å². The molecule has 1 heterocycles. The van der Waals surface area contributed by atoms with Gasteiger partial charge in [0, 0.05) is 6.08 Å². The zero-order chi connectivity index (χ0) is 15.2. The lowest BCUT2D eigenvalue weighted by Crippen LogP contribution is -2.09. The third-order valence-electron chi connectivity index (χ3n) is 3.31. The van der Waals surface area contributed by atoms with Crippen molar-refractivity contribution < 1.29 is 9.53 Å². The van der Waals surface area contributed by atoms with E-state index >= 15 is 0 Å². The Bertz CT molecular complexity index is 646. The van der Waals surface area contributed by atoms with E-state index in [-0.39, 0.29) is 12.6 Å². The van der Waals surface area contributed by atoms with E-state index in [1.165, 1.54) is 23.5 Å². The Balaban J connectivity index is 1.88. The van der Waals surface area contributed by atoms with Crippen molar-refractivity contribution in [2.75, 3.05) is 6.61 Å². The molecule has 5 heteroatoms. The smallest absolute Gasteiger partial charge is 0.330 e. The Morgan fingerprint density at radius 3 is 2.71 bits per heavy atom. The second kappa shape index (κ2) is 6.83. The zero-order valence-corrected chi connectivity index (χ0v) is 12.5. The minimum absolute atomic E-state index is 0.276. The molecule has 0 aliphatic heterocycles. The summed E-state index contributed by atoms with van der Waals surface area (Å²) in [7, 11) is 0. The highest BCUT2D eigenvalue weighted by molar-refractivity contribution is 5.87. The van der Waals surface area contributed by atoms with Crippen molar-refractivity contribution in [3.05, 3.63) is 53.1 Å². The predicted octanol–water partition coefficient (Wildman–Crippen LogP) is 2.46. The van der Waals surface area contributed by atoms with Crippen LogP contribution < -0.4 is 0 Å². The highest BCUT2D eigenvalue weighted by atomic mass is 16.5. The number of hydrogen-bond donors (Lipinski definition) is 0. The third kappa shape index (κ3) is 4.27. The van der Waals surface area contributed by atoms with Crippen LogP contribution in [0, 0.1) is 20.8 Å². The molecule has 0 unspecified atom stereocenters. The zero-order valence-electron chi connectivity index (χ0n) is 12.5. The Labute approximate surface area is 124 Å². The first kappa shape index (κ1) is 15.0. The molecule has 1 aromatic carbocycles. The number of ether oxygens (including phenoxy) is 1. The van der Waals surface area contributed by atoms with Gasteiger partial charge in [0.15, 0.2) is 0 Å². The lowest BCUT2D eigenvalue weighted by Gasteiger charge is -2.06. The molecule has 1 aromatic heterocycles. The molecule has 0 aliphatic carbocycles. The van der Waals surface area contributed by atoms with Gasteiger partial charge in [-0.05, 0) is 49.1 Å². The van der Waals surface area contributed by atoms with E-state index in [0.29, 0.717) is 6.54 Å². The molecule has 2 aromatic rings. The normalized spacial score (nSPS) is 11.0. The van der Waals surface area contributed by atoms with Gasteiger partial charge in [-0.3, -0.25) is 0 Å². The minimum atomic E-state index is -0.354. The van der Waals surface area contributed by atoms with Crippen molar-refractivity contribution in [2.24, 2.45) is 0 Å². The van der Waals surface area contributed by atoms with Crippen molar-refractivity contribution >= 4 is 12.0 Å². The fraction of sp³-hybridized carbons (Fsp3) is 0.312. The summed E-state index contributed by atoms with van der Waals surface area (Å²) in [6.45, 7) is 6.94. The van der Waals surface area contributed by atoms with Crippen LogP contribution in [0.5, 0.6) is 0 Å². The van der Waals surface area contributed by atoms with Crippen LogP contribution >= 0.6 is 0 Å². The largest absolute Gasteiger partial charge is 0.461 e. The van der Waals surface area contributed by atoms with Crippen LogP contribution in [0.1, 0.15) is 22.3 Å².